The molecule has 16 heavy (non-hydrogen) atoms. The summed E-state index contributed by atoms with van der Waals surface area (Å²) in [6.45, 7) is 1.75. The largest absolute Gasteiger partial charge is 0.410 e. The van der Waals surface area contributed by atoms with Gasteiger partial charge in [0.25, 0.3) is 6.64 Å². The second-order valence-corrected chi connectivity index (χ2v) is 7.57. The molecule has 0 aromatic heterocycles. The van der Waals surface area contributed by atoms with E-state index in [1.807, 2.05) is 0 Å². The van der Waals surface area contributed by atoms with Crippen molar-refractivity contribution in [2.24, 2.45) is 0 Å². The third-order valence-electron chi connectivity index (χ3n) is 1.42. The minimum absolute atomic E-state index is 0.398. The molecule has 5 nitrogen and oxygen atoms in total. The number of carbonyl (C=O) groups excluding carboxylic acids is 1. The number of rotatable bonds is 7. The van der Waals surface area contributed by atoms with Crippen molar-refractivity contribution in [2.45, 2.75) is 13.8 Å². The van der Waals surface area contributed by atoms with Gasteiger partial charge in [-0.3, -0.25) is 0 Å². The van der Waals surface area contributed by atoms with Gasteiger partial charge in [-0.2, -0.15) is 4.08 Å². The van der Waals surface area contributed by atoms with Crippen LogP contribution in [0, 0.1) is 0 Å². The molecule has 0 aromatic carbocycles. The normalized spacial score (nSPS) is 11.9. The standard InChI is InChI=1S/C7H16FN2O3PS2/c1-5-12-14(15,13-6-2)10(4)16-9(3)7(8)11/h5-6H2,1-4H3. The summed E-state index contributed by atoms with van der Waals surface area (Å²) in [5.41, 5.74) is 0. The van der Waals surface area contributed by atoms with Gasteiger partial charge in [-0.05, 0) is 25.7 Å². The van der Waals surface area contributed by atoms with Crippen LogP contribution in [0.5, 0.6) is 0 Å². The predicted octanol–water partition coefficient (Wildman–Crippen LogP) is 2.80. The molecule has 0 heterocycles. The van der Waals surface area contributed by atoms with E-state index in [1.165, 1.54) is 11.1 Å². The number of hydrogen-bond donors (Lipinski definition) is 0. The summed E-state index contributed by atoms with van der Waals surface area (Å²) >= 11 is 6.07. The Hall–Kier alpha value is 0.280. The highest BCUT2D eigenvalue weighted by Gasteiger charge is 2.27. The molecule has 0 spiro atoms. The molecule has 9 heteroatoms. The SMILES string of the molecule is CCOP(=S)(OCC)N(C)SN(C)C(=O)F. The van der Waals surface area contributed by atoms with E-state index < -0.39 is 12.8 Å². The molecule has 0 aromatic rings. The van der Waals surface area contributed by atoms with Crippen molar-refractivity contribution in [3.8, 4) is 0 Å². The van der Waals surface area contributed by atoms with Crippen LogP contribution in [-0.2, 0) is 20.9 Å². The van der Waals surface area contributed by atoms with Crippen molar-refractivity contribution in [1.29, 1.82) is 0 Å². The van der Waals surface area contributed by atoms with E-state index in [0.29, 0.717) is 13.2 Å². The molecule has 0 aliphatic rings. The monoisotopic (exact) mass is 290 g/mol. The van der Waals surface area contributed by atoms with Gasteiger partial charge in [0, 0.05) is 14.1 Å². The van der Waals surface area contributed by atoms with Crippen LogP contribution >= 0.6 is 18.8 Å². The van der Waals surface area contributed by atoms with Crippen molar-refractivity contribution in [3.63, 3.8) is 0 Å². The van der Waals surface area contributed by atoms with Gasteiger partial charge in [-0.15, -0.1) is 4.39 Å². The lowest BCUT2D eigenvalue weighted by atomic mass is 10.9. The van der Waals surface area contributed by atoms with E-state index >= 15 is 0 Å². The lowest BCUT2D eigenvalue weighted by molar-refractivity contribution is 0.208. The first kappa shape index (κ1) is 16.3. The molecule has 0 unspecified atom stereocenters. The Morgan fingerprint density at radius 2 is 1.81 bits per heavy atom. The van der Waals surface area contributed by atoms with Crippen molar-refractivity contribution in [2.75, 3.05) is 27.3 Å². The number of hydrogen-bond acceptors (Lipinski definition) is 5. The van der Waals surface area contributed by atoms with Crippen LogP contribution in [-0.4, -0.2) is 41.9 Å². The predicted molar refractivity (Wildman–Crippen MR) is 67.2 cm³/mol. The summed E-state index contributed by atoms with van der Waals surface area (Å²) in [4.78, 5) is 10.4. The smallest absolute Gasteiger partial charge is 0.318 e. The highest BCUT2D eigenvalue weighted by molar-refractivity contribution is 8.14. The Bertz CT molecular complexity index is 272. The topological polar surface area (TPSA) is 42.0 Å². The number of carbonyl (C=O) groups is 1. The molecule has 0 aliphatic heterocycles. The fourth-order valence-electron chi connectivity index (χ4n) is 0.780. The fraction of sp³-hybridized carbons (Fsp3) is 0.857. The van der Waals surface area contributed by atoms with Gasteiger partial charge in [-0.1, -0.05) is 0 Å². The average Bonchev–Trinajstić information content (AvgIpc) is 2.18. The summed E-state index contributed by atoms with van der Waals surface area (Å²) in [7, 11) is 2.91. The maximum Gasteiger partial charge on any atom is 0.410 e. The highest BCUT2D eigenvalue weighted by atomic mass is 32.5. The molecular weight excluding hydrogens is 274 g/mol. The van der Waals surface area contributed by atoms with E-state index in [-0.39, 0.29) is 0 Å². The molecule has 96 valence electrons. The average molecular weight is 290 g/mol. The van der Waals surface area contributed by atoms with Crippen LogP contribution in [0.15, 0.2) is 0 Å². The van der Waals surface area contributed by atoms with E-state index in [0.717, 1.165) is 16.4 Å². The fourth-order valence-corrected chi connectivity index (χ4v) is 4.12. The second kappa shape index (κ2) is 7.58. The van der Waals surface area contributed by atoms with Crippen molar-refractivity contribution >= 4 is 36.7 Å². The lowest BCUT2D eigenvalue weighted by Gasteiger charge is -2.30. The van der Waals surface area contributed by atoms with Crippen LogP contribution < -0.4 is 0 Å². The first-order valence-electron chi connectivity index (χ1n) is 4.62. The summed E-state index contributed by atoms with van der Waals surface area (Å²) in [6, 6.07) is 0. The minimum atomic E-state index is -2.63. The highest BCUT2D eigenvalue weighted by Crippen LogP contribution is 2.54. The van der Waals surface area contributed by atoms with E-state index in [1.54, 1.807) is 20.9 Å². The van der Waals surface area contributed by atoms with E-state index in [9.17, 15) is 9.18 Å². The molecule has 0 atom stereocenters. The van der Waals surface area contributed by atoms with Gasteiger partial charge in [0.15, 0.2) is 0 Å². The molecule has 0 saturated carbocycles. The summed E-state index contributed by atoms with van der Waals surface area (Å²) in [5.74, 6) is 0. The Kier molecular flexibility index (Phi) is 7.71. The van der Waals surface area contributed by atoms with Crippen LogP contribution in [0.25, 0.3) is 0 Å². The lowest BCUT2D eigenvalue weighted by Crippen LogP contribution is -2.21. The minimum Gasteiger partial charge on any atom is -0.318 e. The molecule has 0 N–H and O–H groups in total. The Morgan fingerprint density at radius 3 is 2.12 bits per heavy atom. The zero-order valence-corrected chi connectivity index (χ0v) is 12.2. The van der Waals surface area contributed by atoms with Crippen molar-refractivity contribution < 1.29 is 18.2 Å². The number of amides is 1. The zero-order chi connectivity index (χ0) is 12.8. The summed E-state index contributed by atoms with van der Waals surface area (Å²) in [5, 5.41) is 0. The molecule has 0 rings (SSSR count). The van der Waals surface area contributed by atoms with Gasteiger partial charge in [0.2, 0.25) is 0 Å². The molecule has 1 amide bonds. The summed E-state index contributed by atoms with van der Waals surface area (Å²) < 4.78 is 25.4. The Balaban J connectivity index is 4.55. The van der Waals surface area contributed by atoms with Gasteiger partial charge in [-0.25, -0.2) is 9.10 Å². The van der Waals surface area contributed by atoms with Crippen molar-refractivity contribution in [1.82, 2.24) is 8.38 Å². The Morgan fingerprint density at radius 1 is 1.38 bits per heavy atom. The maximum atomic E-state index is 12.4. The first-order chi connectivity index (χ1) is 7.37. The quantitative estimate of drug-likeness (QED) is 0.311. The van der Waals surface area contributed by atoms with Gasteiger partial charge in [0.05, 0.1) is 25.3 Å². The third-order valence-corrected chi connectivity index (χ3v) is 6.44. The van der Waals surface area contributed by atoms with E-state index in [2.05, 4.69) is 0 Å². The van der Waals surface area contributed by atoms with Gasteiger partial charge in [0.1, 0.15) is 0 Å². The van der Waals surface area contributed by atoms with Crippen LogP contribution in [0.1, 0.15) is 13.8 Å². The van der Waals surface area contributed by atoms with Crippen LogP contribution in [0.2, 0.25) is 0 Å². The van der Waals surface area contributed by atoms with Crippen LogP contribution in [0.4, 0.5) is 9.18 Å². The molecule has 0 bridgehead atoms. The van der Waals surface area contributed by atoms with Gasteiger partial charge >= 0.3 is 6.16 Å². The third kappa shape index (κ3) is 5.07. The molecular formula is C7H16FN2O3PS2. The van der Waals surface area contributed by atoms with Gasteiger partial charge < -0.3 is 9.05 Å². The molecule has 0 radical (unpaired) electrons. The second-order valence-electron chi connectivity index (χ2n) is 2.60. The zero-order valence-electron chi connectivity index (χ0n) is 9.68. The number of nitrogens with zero attached hydrogens (tertiary/aromatic N) is 2. The Labute approximate surface area is 105 Å². The van der Waals surface area contributed by atoms with Crippen molar-refractivity contribution in [3.05, 3.63) is 0 Å². The summed E-state index contributed by atoms with van der Waals surface area (Å²) in [6.07, 6.45) is -1.55. The number of halogens is 1. The van der Waals surface area contributed by atoms with E-state index in [4.69, 9.17) is 20.9 Å². The molecule has 0 saturated heterocycles. The molecule has 0 aliphatic carbocycles. The van der Waals surface area contributed by atoms with Crippen LogP contribution in [0.3, 0.4) is 0 Å². The molecule has 0 fully saturated rings. The first-order valence-corrected chi connectivity index (χ1v) is 7.94. The maximum absolute atomic E-state index is 12.4.